The Bertz CT molecular complexity index is 1340. The van der Waals surface area contributed by atoms with E-state index in [4.69, 9.17) is 0 Å². The van der Waals surface area contributed by atoms with Gasteiger partial charge in [-0.2, -0.15) is 13.2 Å². The first-order chi connectivity index (χ1) is 15.2. The quantitative estimate of drug-likeness (QED) is 0.298. The van der Waals surface area contributed by atoms with Gasteiger partial charge in [-0.25, -0.2) is 4.98 Å². The van der Waals surface area contributed by atoms with Crippen molar-refractivity contribution < 1.29 is 18.0 Å². The van der Waals surface area contributed by atoms with Crippen molar-refractivity contribution in [1.29, 1.82) is 0 Å². The Hall–Kier alpha value is -3.39. The number of pyridine rings is 1. The zero-order valence-electron chi connectivity index (χ0n) is 16.8. The molecule has 0 bridgehead atoms. The van der Waals surface area contributed by atoms with Crippen molar-refractivity contribution in [1.82, 2.24) is 9.97 Å². The highest BCUT2D eigenvalue weighted by Gasteiger charge is 2.32. The van der Waals surface area contributed by atoms with Crippen LogP contribution in [0.15, 0.2) is 71.5 Å². The highest BCUT2D eigenvalue weighted by atomic mass is 79.9. The number of benzene rings is 2. The Morgan fingerprint density at radius 1 is 1.12 bits per heavy atom. The molecule has 0 saturated carbocycles. The summed E-state index contributed by atoms with van der Waals surface area (Å²) in [6.07, 6.45) is 2.00. The molecule has 32 heavy (non-hydrogen) atoms. The number of aromatic nitrogens is 2. The number of alkyl halides is 3. The van der Waals surface area contributed by atoms with E-state index in [9.17, 15) is 18.0 Å². The fourth-order valence-electron chi connectivity index (χ4n) is 3.31. The molecule has 0 aliphatic rings. The number of H-pyrrole nitrogens is 1. The van der Waals surface area contributed by atoms with Crippen LogP contribution in [0.1, 0.15) is 16.7 Å². The van der Waals surface area contributed by atoms with E-state index in [1.807, 2.05) is 36.5 Å². The maximum absolute atomic E-state index is 13.1. The predicted octanol–water partition coefficient (Wildman–Crippen LogP) is 6.97. The summed E-state index contributed by atoms with van der Waals surface area (Å²) < 4.78 is 40.1. The van der Waals surface area contributed by atoms with E-state index in [-0.39, 0.29) is 11.3 Å². The van der Waals surface area contributed by atoms with Gasteiger partial charge in [-0.1, -0.05) is 24.3 Å². The molecule has 4 rings (SSSR count). The lowest BCUT2D eigenvalue weighted by Crippen LogP contribution is -2.11. The van der Waals surface area contributed by atoms with Crippen LogP contribution in [-0.4, -0.2) is 15.9 Å². The molecular formula is C24H17BrF3N3O. The highest BCUT2D eigenvalue weighted by molar-refractivity contribution is 9.10. The molecule has 8 heteroatoms. The van der Waals surface area contributed by atoms with Crippen LogP contribution in [0, 0.1) is 6.92 Å². The largest absolute Gasteiger partial charge is 0.416 e. The van der Waals surface area contributed by atoms with Gasteiger partial charge in [0.05, 0.1) is 5.56 Å². The SMILES string of the molecule is Cc1ccc(NC(=O)C=Cc2cccc(-c3cnc4[nH]cc(Br)c4c3)c2)cc1C(F)(F)F. The first-order valence-corrected chi connectivity index (χ1v) is 10.4. The lowest BCUT2D eigenvalue weighted by atomic mass is 10.0. The number of aryl methyl sites for hydroxylation is 1. The number of nitrogens with one attached hydrogen (secondary N) is 2. The third-order valence-corrected chi connectivity index (χ3v) is 5.59. The summed E-state index contributed by atoms with van der Waals surface area (Å²) in [5, 5.41) is 3.43. The number of fused-ring (bicyclic) bond motifs is 1. The zero-order valence-corrected chi connectivity index (χ0v) is 18.4. The maximum atomic E-state index is 13.1. The van der Waals surface area contributed by atoms with Crippen LogP contribution >= 0.6 is 15.9 Å². The van der Waals surface area contributed by atoms with Gasteiger partial charge in [0.25, 0.3) is 0 Å². The molecule has 0 saturated heterocycles. The normalized spacial score (nSPS) is 11.9. The van der Waals surface area contributed by atoms with Crippen molar-refractivity contribution in [2.45, 2.75) is 13.1 Å². The van der Waals surface area contributed by atoms with Gasteiger partial charge in [0, 0.05) is 39.6 Å². The molecule has 0 unspecified atom stereocenters. The second-order valence-electron chi connectivity index (χ2n) is 7.23. The van der Waals surface area contributed by atoms with Crippen LogP contribution in [0.2, 0.25) is 0 Å². The van der Waals surface area contributed by atoms with E-state index in [0.717, 1.165) is 38.3 Å². The zero-order chi connectivity index (χ0) is 22.9. The van der Waals surface area contributed by atoms with Gasteiger partial charge in [0.15, 0.2) is 0 Å². The number of rotatable bonds is 4. The number of amides is 1. The van der Waals surface area contributed by atoms with Crippen LogP contribution in [-0.2, 0) is 11.0 Å². The topological polar surface area (TPSA) is 57.8 Å². The van der Waals surface area contributed by atoms with Crippen LogP contribution in [0.3, 0.4) is 0 Å². The molecule has 2 heterocycles. The van der Waals surface area contributed by atoms with Gasteiger partial charge in [0.1, 0.15) is 5.65 Å². The van der Waals surface area contributed by atoms with Crippen LogP contribution in [0.25, 0.3) is 28.2 Å². The number of halogens is 4. The van der Waals surface area contributed by atoms with Crippen molar-refractivity contribution in [3.63, 3.8) is 0 Å². The molecule has 2 N–H and O–H groups in total. The van der Waals surface area contributed by atoms with Crippen LogP contribution in [0.4, 0.5) is 18.9 Å². The molecule has 0 aliphatic carbocycles. The fourth-order valence-corrected chi connectivity index (χ4v) is 3.73. The second-order valence-corrected chi connectivity index (χ2v) is 8.09. The molecular weight excluding hydrogens is 483 g/mol. The first kappa shape index (κ1) is 21.8. The molecule has 0 aliphatic heterocycles. The average Bonchev–Trinajstić information content (AvgIpc) is 3.13. The minimum atomic E-state index is -4.48. The van der Waals surface area contributed by atoms with E-state index in [1.165, 1.54) is 25.1 Å². The summed E-state index contributed by atoms with van der Waals surface area (Å²) in [7, 11) is 0. The third kappa shape index (κ3) is 4.75. The third-order valence-electron chi connectivity index (χ3n) is 4.94. The van der Waals surface area contributed by atoms with Gasteiger partial charge in [-0.05, 0) is 69.9 Å². The van der Waals surface area contributed by atoms with Gasteiger partial charge >= 0.3 is 6.18 Å². The number of hydrogen-bond donors (Lipinski definition) is 2. The molecule has 1 amide bonds. The minimum absolute atomic E-state index is 0.0859. The number of anilines is 1. The molecule has 4 nitrogen and oxygen atoms in total. The smallest absolute Gasteiger partial charge is 0.345 e. The summed E-state index contributed by atoms with van der Waals surface area (Å²) in [5.74, 6) is -0.522. The fraction of sp³-hybridized carbons (Fsp3) is 0.0833. The Morgan fingerprint density at radius 3 is 2.72 bits per heavy atom. The van der Waals surface area contributed by atoms with Crippen molar-refractivity contribution >= 4 is 44.6 Å². The van der Waals surface area contributed by atoms with Gasteiger partial charge in [-0.3, -0.25) is 4.79 Å². The number of aromatic amines is 1. The maximum Gasteiger partial charge on any atom is 0.416 e. The van der Waals surface area contributed by atoms with Crippen LogP contribution < -0.4 is 5.32 Å². The summed E-state index contributed by atoms with van der Waals surface area (Å²) in [5.41, 5.74) is 2.79. The summed E-state index contributed by atoms with van der Waals surface area (Å²) in [6.45, 7) is 1.38. The lowest BCUT2D eigenvalue weighted by molar-refractivity contribution is -0.138. The average molecular weight is 500 g/mol. The molecule has 2 aromatic carbocycles. The van der Waals surface area contributed by atoms with Gasteiger partial charge in [-0.15, -0.1) is 0 Å². The number of carbonyl (C=O) groups is 1. The number of hydrogen-bond acceptors (Lipinski definition) is 2. The summed E-state index contributed by atoms with van der Waals surface area (Å²) >= 11 is 3.49. The molecule has 0 atom stereocenters. The Kier molecular flexibility index (Phi) is 5.88. The Labute approximate surface area is 190 Å². The second kappa shape index (κ2) is 8.63. The molecule has 0 radical (unpaired) electrons. The van der Waals surface area contributed by atoms with Crippen molar-refractivity contribution in [2.24, 2.45) is 0 Å². The predicted molar refractivity (Wildman–Crippen MR) is 123 cm³/mol. The molecule has 4 aromatic rings. The van der Waals surface area contributed by atoms with Crippen LogP contribution in [0.5, 0.6) is 0 Å². The lowest BCUT2D eigenvalue weighted by Gasteiger charge is -2.12. The van der Waals surface area contributed by atoms with E-state index < -0.39 is 17.6 Å². The van der Waals surface area contributed by atoms with Gasteiger partial charge in [0.2, 0.25) is 5.91 Å². The Morgan fingerprint density at radius 2 is 1.94 bits per heavy atom. The molecule has 0 fully saturated rings. The van der Waals surface area contributed by atoms with E-state index in [1.54, 1.807) is 12.3 Å². The van der Waals surface area contributed by atoms with Crippen molar-refractivity contribution in [3.05, 3.63) is 88.2 Å². The first-order valence-electron chi connectivity index (χ1n) is 9.61. The summed E-state index contributed by atoms with van der Waals surface area (Å²) in [6, 6.07) is 13.3. The molecule has 162 valence electrons. The van der Waals surface area contributed by atoms with Crippen molar-refractivity contribution in [2.75, 3.05) is 5.32 Å². The van der Waals surface area contributed by atoms with Crippen molar-refractivity contribution in [3.8, 4) is 11.1 Å². The molecule has 2 aromatic heterocycles. The number of carbonyl (C=O) groups excluding carboxylic acids is 1. The minimum Gasteiger partial charge on any atom is -0.345 e. The Balaban J connectivity index is 1.51. The van der Waals surface area contributed by atoms with E-state index in [2.05, 4.69) is 31.2 Å². The monoisotopic (exact) mass is 499 g/mol. The summed E-state index contributed by atoms with van der Waals surface area (Å²) in [4.78, 5) is 19.7. The van der Waals surface area contributed by atoms with Gasteiger partial charge < -0.3 is 10.3 Å². The van der Waals surface area contributed by atoms with E-state index >= 15 is 0 Å². The standard InChI is InChI=1S/C24H17BrF3N3O/c1-14-5-7-18(11-20(14)24(26,27)28)31-22(32)8-6-15-3-2-4-16(9-15)17-10-19-21(25)13-30-23(19)29-12-17/h2-13H,1H3,(H,29,30)(H,31,32). The highest BCUT2D eigenvalue weighted by Crippen LogP contribution is 2.33. The number of nitrogens with zero attached hydrogens (tertiary/aromatic N) is 1. The van der Waals surface area contributed by atoms with E-state index in [0.29, 0.717) is 0 Å². The molecule has 0 spiro atoms.